The van der Waals surface area contributed by atoms with Crippen LogP contribution in [-0.4, -0.2) is 16.3 Å². The summed E-state index contributed by atoms with van der Waals surface area (Å²) in [5.41, 5.74) is -0.766. The van der Waals surface area contributed by atoms with Gasteiger partial charge in [0, 0.05) is 5.56 Å². The summed E-state index contributed by atoms with van der Waals surface area (Å²) in [5.74, 6) is -2.83. The fourth-order valence-electron chi connectivity index (χ4n) is 1.61. The molecule has 0 N–H and O–H groups in total. The lowest BCUT2D eigenvalue weighted by atomic mass is 10.0. The van der Waals surface area contributed by atoms with Crippen molar-refractivity contribution in [1.82, 2.24) is 5.16 Å². The predicted molar refractivity (Wildman–Crippen MR) is 65.0 cm³/mol. The number of Topliss-reactive ketones (excluding diaryl/α,β-unsaturated/α-hetero) is 1. The molecule has 106 valence electrons. The van der Waals surface area contributed by atoms with Gasteiger partial charge in [-0.15, -0.1) is 0 Å². The standard InChI is InChI=1S/C12H6BrF4NO2/c13-5-8(19)9-10(6-1-3-7(14)4-2-6)18-20-11(9)12(15,16)17/h1-4H,5H2. The summed E-state index contributed by atoms with van der Waals surface area (Å²) in [5, 5.41) is 2.98. The second kappa shape index (κ2) is 5.35. The minimum Gasteiger partial charge on any atom is -0.350 e. The number of halogens is 5. The summed E-state index contributed by atoms with van der Waals surface area (Å²) >= 11 is 2.81. The van der Waals surface area contributed by atoms with Crippen LogP contribution in [0.2, 0.25) is 0 Å². The maximum Gasteiger partial charge on any atom is 0.453 e. The molecule has 0 spiro atoms. The number of hydrogen-bond donors (Lipinski definition) is 0. The lowest BCUT2D eigenvalue weighted by Crippen LogP contribution is -2.12. The van der Waals surface area contributed by atoms with Crippen LogP contribution >= 0.6 is 15.9 Å². The van der Waals surface area contributed by atoms with Crippen molar-refractivity contribution in [2.24, 2.45) is 0 Å². The first-order valence-corrected chi connectivity index (χ1v) is 6.38. The van der Waals surface area contributed by atoms with E-state index in [1.807, 2.05) is 0 Å². The third-order valence-electron chi connectivity index (χ3n) is 2.47. The second-order valence-electron chi connectivity index (χ2n) is 3.80. The van der Waals surface area contributed by atoms with Crippen LogP contribution in [0.3, 0.4) is 0 Å². The molecule has 0 aliphatic heterocycles. The average molecular weight is 352 g/mol. The van der Waals surface area contributed by atoms with Gasteiger partial charge in [-0.2, -0.15) is 13.2 Å². The maximum atomic E-state index is 12.8. The molecule has 20 heavy (non-hydrogen) atoms. The van der Waals surface area contributed by atoms with E-state index in [4.69, 9.17) is 0 Å². The first-order valence-electron chi connectivity index (χ1n) is 5.26. The van der Waals surface area contributed by atoms with E-state index >= 15 is 0 Å². The van der Waals surface area contributed by atoms with Crippen molar-refractivity contribution in [2.45, 2.75) is 6.18 Å². The summed E-state index contributed by atoms with van der Waals surface area (Å²) in [6.45, 7) is 0. The predicted octanol–water partition coefficient (Wildman–Crippen LogP) is 4.08. The molecular formula is C12H6BrF4NO2. The zero-order valence-electron chi connectivity index (χ0n) is 9.67. The van der Waals surface area contributed by atoms with Crippen molar-refractivity contribution >= 4 is 21.7 Å². The van der Waals surface area contributed by atoms with E-state index in [2.05, 4.69) is 25.6 Å². The van der Waals surface area contributed by atoms with Crippen molar-refractivity contribution in [1.29, 1.82) is 0 Å². The van der Waals surface area contributed by atoms with Gasteiger partial charge in [0.25, 0.3) is 5.76 Å². The zero-order chi connectivity index (χ0) is 14.9. The molecule has 2 aromatic rings. The fraction of sp³-hybridized carbons (Fsp3) is 0.167. The number of ketones is 1. The van der Waals surface area contributed by atoms with Gasteiger partial charge in [-0.05, 0) is 24.3 Å². The second-order valence-corrected chi connectivity index (χ2v) is 4.36. The molecule has 0 amide bonds. The lowest BCUT2D eigenvalue weighted by molar-refractivity contribution is -0.155. The third-order valence-corrected chi connectivity index (χ3v) is 2.98. The van der Waals surface area contributed by atoms with Crippen molar-refractivity contribution in [3.63, 3.8) is 0 Å². The minimum atomic E-state index is -4.83. The molecule has 1 heterocycles. The number of carbonyl (C=O) groups excluding carboxylic acids is 1. The van der Waals surface area contributed by atoms with Gasteiger partial charge in [-0.1, -0.05) is 21.1 Å². The van der Waals surface area contributed by atoms with Crippen molar-refractivity contribution in [2.75, 3.05) is 5.33 Å². The minimum absolute atomic E-state index is 0.162. The highest BCUT2D eigenvalue weighted by molar-refractivity contribution is 9.09. The number of hydrogen-bond acceptors (Lipinski definition) is 3. The molecular weight excluding hydrogens is 346 g/mol. The van der Waals surface area contributed by atoms with Crippen LogP contribution in [0.5, 0.6) is 0 Å². The van der Waals surface area contributed by atoms with Gasteiger partial charge in [0.15, 0.2) is 5.78 Å². The summed E-state index contributed by atoms with van der Waals surface area (Å²) < 4.78 is 55.4. The normalized spacial score (nSPS) is 11.7. The first-order chi connectivity index (χ1) is 9.34. The molecule has 0 radical (unpaired) electrons. The first kappa shape index (κ1) is 14.7. The van der Waals surface area contributed by atoms with Gasteiger partial charge in [-0.25, -0.2) is 4.39 Å². The Hall–Kier alpha value is -1.70. The molecule has 0 aliphatic carbocycles. The van der Waals surface area contributed by atoms with Crippen LogP contribution in [0.1, 0.15) is 16.1 Å². The van der Waals surface area contributed by atoms with E-state index in [0.717, 1.165) is 12.1 Å². The summed E-state index contributed by atoms with van der Waals surface area (Å²) in [6.07, 6.45) is -4.83. The number of alkyl halides is 4. The highest BCUT2D eigenvalue weighted by atomic mass is 79.9. The smallest absolute Gasteiger partial charge is 0.350 e. The van der Waals surface area contributed by atoms with E-state index in [9.17, 15) is 22.4 Å². The molecule has 1 aromatic carbocycles. The summed E-state index contributed by atoms with van der Waals surface area (Å²) in [4.78, 5) is 11.7. The van der Waals surface area contributed by atoms with Crippen molar-refractivity contribution in [3.05, 3.63) is 41.4 Å². The van der Waals surface area contributed by atoms with Crippen molar-refractivity contribution in [3.8, 4) is 11.3 Å². The molecule has 2 rings (SSSR count). The Balaban J connectivity index is 2.62. The topological polar surface area (TPSA) is 43.1 Å². The van der Waals surface area contributed by atoms with E-state index in [1.165, 1.54) is 12.1 Å². The van der Waals surface area contributed by atoms with Crippen LogP contribution in [0, 0.1) is 5.82 Å². The van der Waals surface area contributed by atoms with E-state index in [0.29, 0.717) is 0 Å². The van der Waals surface area contributed by atoms with Gasteiger partial charge in [0.05, 0.1) is 10.9 Å². The van der Waals surface area contributed by atoms with Crippen LogP contribution in [-0.2, 0) is 6.18 Å². The quantitative estimate of drug-likeness (QED) is 0.475. The molecule has 0 atom stereocenters. The third kappa shape index (κ3) is 2.74. The van der Waals surface area contributed by atoms with Gasteiger partial charge in [0.2, 0.25) is 0 Å². The van der Waals surface area contributed by atoms with Gasteiger partial charge in [-0.3, -0.25) is 4.79 Å². The molecule has 3 nitrogen and oxygen atoms in total. The number of aromatic nitrogens is 1. The Morgan fingerprint density at radius 2 is 1.85 bits per heavy atom. The molecule has 0 bridgehead atoms. The van der Waals surface area contributed by atoms with Gasteiger partial charge in [0.1, 0.15) is 11.5 Å². The highest BCUT2D eigenvalue weighted by Gasteiger charge is 2.42. The molecule has 0 aliphatic rings. The lowest BCUT2D eigenvalue weighted by Gasteiger charge is -2.04. The van der Waals surface area contributed by atoms with Crippen LogP contribution in [0.4, 0.5) is 17.6 Å². The Bertz CT molecular complexity index is 634. The van der Waals surface area contributed by atoms with Gasteiger partial charge >= 0.3 is 6.18 Å². The zero-order valence-corrected chi connectivity index (χ0v) is 11.3. The van der Waals surface area contributed by atoms with Crippen LogP contribution in [0.15, 0.2) is 28.8 Å². The number of carbonyl (C=O) groups is 1. The molecule has 0 saturated heterocycles. The molecule has 1 aromatic heterocycles. The Morgan fingerprint density at radius 1 is 1.25 bits per heavy atom. The Morgan fingerprint density at radius 3 is 2.35 bits per heavy atom. The fourth-order valence-corrected chi connectivity index (χ4v) is 1.89. The average Bonchev–Trinajstić information content (AvgIpc) is 2.83. The number of nitrogens with zero attached hydrogens (tertiary/aromatic N) is 1. The Labute approximate surface area is 118 Å². The monoisotopic (exact) mass is 351 g/mol. The molecule has 8 heteroatoms. The number of rotatable bonds is 3. The number of benzene rings is 1. The van der Waals surface area contributed by atoms with Gasteiger partial charge < -0.3 is 4.52 Å². The summed E-state index contributed by atoms with van der Waals surface area (Å²) in [7, 11) is 0. The van der Waals surface area contributed by atoms with E-state index in [-0.39, 0.29) is 16.6 Å². The van der Waals surface area contributed by atoms with E-state index < -0.39 is 29.1 Å². The Kier molecular flexibility index (Phi) is 3.94. The van der Waals surface area contributed by atoms with E-state index in [1.54, 1.807) is 0 Å². The summed E-state index contributed by atoms with van der Waals surface area (Å²) in [6, 6.07) is 4.55. The SMILES string of the molecule is O=C(CBr)c1c(-c2ccc(F)cc2)noc1C(F)(F)F. The molecule has 0 unspecified atom stereocenters. The molecule has 0 saturated carbocycles. The highest BCUT2D eigenvalue weighted by Crippen LogP contribution is 2.37. The van der Waals surface area contributed by atoms with Crippen LogP contribution < -0.4 is 0 Å². The van der Waals surface area contributed by atoms with Crippen LogP contribution in [0.25, 0.3) is 11.3 Å². The molecule has 0 fully saturated rings. The maximum absolute atomic E-state index is 12.8. The van der Waals surface area contributed by atoms with Crippen molar-refractivity contribution < 1.29 is 26.9 Å². The largest absolute Gasteiger partial charge is 0.453 e.